The first-order chi connectivity index (χ1) is 8.78. The smallest absolute Gasteiger partial charge is 0.193 e. The molecule has 0 fully saturated rings. The number of aliphatic imine (C=N–C) groups is 1. The average Bonchev–Trinajstić information content (AvgIpc) is 2.25. The van der Waals surface area contributed by atoms with Gasteiger partial charge in [0.2, 0.25) is 0 Å². The van der Waals surface area contributed by atoms with Crippen molar-refractivity contribution in [2.75, 3.05) is 11.9 Å². The molecule has 0 atom stereocenters. The van der Waals surface area contributed by atoms with Gasteiger partial charge < -0.3 is 11.1 Å². The number of guanidine groups is 1. The van der Waals surface area contributed by atoms with Crippen LogP contribution in [0.5, 0.6) is 0 Å². The van der Waals surface area contributed by atoms with Crippen molar-refractivity contribution in [1.82, 2.24) is 0 Å². The van der Waals surface area contributed by atoms with Gasteiger partial charge in [-0.2, -0.15) is 0 Å². The van der Waals surface area contributed by atoms with Crippen molar-refractivity contribution in [3.63, 3.8) is 0 Å². The zero-order chi connectivity index (χ0) is 14.5. The third kappa shape index (κ3) is 7.72. The largest absolute Gasteiger partial charge is 0.370 e. The van der Waals surface area contributed by atoms with Crippen LogP contribution in [-0.4, -0.2) is 12.5 Å². The van der Waals surface area contributed by atoms with Crippen molar-refractivity contribution in [3.05, 3.63) is 29.8 Å². The lowest BCUT2D eigenvalue weighted by Crippen LogP contribution is -2.26. The summed E-state index contributed by atoms with van der Waals surface area (Å²) in [5.74, 6) is 1.17. The Labute approximate surface area is 140 Å². The zero-order valence-electron chi connectivity index (χ0n) is 13.2. The Morgan fingerprint density at radius 2 is 2.00 bits per heavy atom. The maximum Gasteiger partial charge on any atom is 0.193 e. The molecule has 114 valence electrons. The van der Waals surface area contributed by atoms with Gasteiger partial charge in [-0.1, -0.05) is 39.8 Å². The molecule has 0 aromatic heterocycles. The second-order valence-electron chi connectivity index (χ2n) is 6.46. The Kier molecular flexibility index (Phi) is 8.16. The SMILES string of the molecule is Cc1cccc(NC(N)=NCC(C)(C)CC(C)C)c1.I. The van der Waals surface area contributed by atoms with Gasteiger partial charge in [-0.3, -0.25) is 4.99 Å². The maximum absolute atomic E-state index is 5.93. The van der Waals surface area contributed by atoms with Gasteiger partial charge in [-0.25, -0.2) is 0 Å². The number of nitrogens with two attached hydrogens (primary N) is 1. The fourth-order valence-corrected chi connectivity index (χ4v) is 2.38. The van der Waals surface area contributed by atoms with Gasteiger partial charge in [0.05, 0.1) is 0 Å². The molecular formula is C16H28IN3. The topological polar surface area (TPSA) is 50.4 Å². The Bertz CT molecular complexity index is 439. The van der Waals surface area contributed by atoms with Gasteiger partial charge in [-0.15, -0.1) is 24.0 Å². The van der Waals surface area contributed by atoms with E-state index in [-0.39, 0.29) is 29.4 Å². The number of hydrogen-bond acceptors (Lipinski definition) is 1. The summed E-state index contributed by atoms with van der Waals surface area (Å²) in [5.41, 5.74) is 8.32. The quantitative estimate of drug-likeness (QED) is 0.445. The summed E-state index contributed by atoms with van der Waals surface area (Å²) in [5, 5.41) is 3.14. The second-order valence-corrected chi connectivity index (χ2v) is 6.46. The van der Waals surface area contributed by atoms with Crippen molar-refractivity contribution in [2.24, 2.45) is 22.1 Å². The van der Waals surface area contributed by atoms with Crippen LogP contribution in [0.1, 0.15) is 39.7 Å². The van der Waals surface area contributed by atoms with E-state index in [1.54, 1.807) is 0 Å². The van der Waals surface area contributed by atoms with Crippen molar-refractivity contribution >= 4 is 35.6 Å². The van der Waals surface area contributed by atoms with Crippen LogP contribution in [0.25, 0.3) is 0 Å². The normalized spacial score (nSPS) is 12.2. The van der Waals surface area contributed by atoms with Crippen LogP contribution in [0.4, 0.5) is 5.69 Å². The fraction of sp³-hybridized carbons (Fsp3) is 0.562. The molecule has 0 saturated carbocycles. The molecule has 0 aliphatic heterocycles. The predicted molar refractivity (Wildman–Crippen MR) is 99.9 cm³/mol. The van der Waals surface area contributed by atoms with Crippen LogP contribution < -0.4 is 11.1 Å². The Morgan fingerprint density at radius 3 is 2.55 bits per heavy atom. The molecule has 0 amide bonds. The minimum Gasteiger partial charge on any atom is -0.370 e. The maximum atomic E-state index is 5.93. The van der Waals surface area contributed by atoms with E-state index < -0.39 is 0 Å². The van der Waals surface area contributed by atoms with Gasteiger partial charge in [0, 0.05) is 12.2 Å². The average molecular weight is 389 g/mol. The number of aryl methyl sites for hydroxylation is 1. The van der Waals surface area contributed by atoms with Crippen LogP contribution in [0.15, 0.2) is 29.3 Å². The first-order valence-corrected chi connectivity index (χ1v) is 6.92. The van der Waals surface area contributed by atoms with Gasteiger partial charge in [0.25, 0.3) is 0 Å². The highest BCUT2D eigenvalue weighted by molar-refractivity contribution is 14.0. The van der Waals surface area contributed by atoms with Gasteiger partial charge in [0.15, 0.2) is 5.96 Å². The van der Waals surface area contributed by atoms with Crippen LogP contribution in [0.3, 0.4) is 0 Å². The Morgan fingerprint density at radius 1 is 1.35 bits per heavy atom. The molecule has 3 N–H and O–H groups in total. The molecule has 1 aromatic rings. The van der Waals surface area contributed by atoms with Crippen LogP contribution in [-0.2, 0) is 0 Å². The Hall–Kier alpha value is -0.780. The summed E-state index contributed by atoms with van der Waals surface area (Å²) in [7, 11) is 0. The highest BCUT2D eigenvalue weighted by Crippen LogP contribution is 2.25. The number of nitrogens with zero attached hydrogens (tertiary/aromatic N) is 1. The molecule has 0 heterocycles. The van der Waals surface area contributed by atoms with E-state index in [1.165, 1.54) is 5.56 Å². The molecular weight excluding hydrogens is 361 g/mol. The van der Waals surface area contributed by atoms with Crippen LogP contribution >= 0.6 is 24.0 Å². The highest BCUT2D eigenvalue weighted by atomic mass is 127. The number of rotatable bonds is 5. The van der Waals surface area contributed by atoms with E-state index in [9.17, 15) is 0 Å². The van der Waals surface area contributed by atoms with Crippen molar-refractivity contribution in [3.8, 4) is 0 Å². The van der Waals surface area contributed by atoms with Gasteiger partial charge in [0.1, 0.15) is 0 Å². The molecule has 0 unspecified atom stereocenters. The fourth-order valence-electron chi connectivity index (χ4n) is 2.38. The third-order valence-corrected chi connectivity index (χ3v) is 2.93. The lowest BCUT2D eigenvalue weighted by atomic mass is 9.84. The number of halogens is 1. The van der Waals surface area contributed by atoms with Crippen LogP contribution in [0, 0.1) is 18.3 Å². The monoisotopic (exact) mass is 389 g/mol. The molecule has 0 spiro atoms. The van der Waals surface area contributed by atoms with E-state index in [4.69, 9.17) is 5.73 Å². The van der Waals surface area contributed by atoms with Crippen molar-refractivity contribution in [1.29, 1.82) is 0 Å². The first-order valence-electron chi connectivity index (χ1n) is 6.92. The summed E-state index contributed by atoms with van der Waals surface area (Å²) < 4.78 is 0. The van der Waals surface area contributed by atoms with Gasteiger partial charge in [-0.05, 0) is 42.4 Å². The lowest BCUT2D eigenvalue weighted by Gasteiger charge is -2.24. The van der Waals surface area contributed by atoms with Crippen molar-refractivity contribution < 1.29 is 0 Å². The summed E-state index contributed by atoms with van der Waals surface area (Å²) in [6.45, 7) is 11.7. The van der Waals surface area contributed by atoms with E-state index in [0.717, 1.165) is 18.7 Å². The summed E-state index contributed by atoms with van der Waals surface area (Å²) in [4.78, 5) is 4.46. The third-order valence-electron chi connectivity index (χ3n) is 2.93. The minimum absolute atomic E-state index is 0. The molecule has 0 saturated heterocycles. The summed E-state index contributed by atoms with van der Waals surface area (Å²) in [6.07, 6.45) is 1.15. The Balaban J connectivity index is 0.00000361. The molecule has 1 rings (SSSR count). The standard InChI is InChI=1S/C16H27N3.HI/c1-12(2)10-16(4,5)11-18-15(17)19-14-8-6-7-13(3)9-14;/h6-9,12H,10-11H2,1-5H3,(H3,17,18,19);1H. The molecule has 3 nitrogen and oxygen atoms in total. The molecule has 0 aliphatic carbocycles. The minimum atomic E-state index is 0. The van der Waals surface area contributed by atoms with E-state index in [0.29, 0.717) is 11.9 Å². The molecule has 0 radical (unpaired) electrons. The number of nitrogens with one attached hydrogen (secondary N) is 1. The second kappa shape index (κ2) is 8.49. The molecule has 0 bridgehead atoms. The summed E-state index contributed by atoms with van der Waals surface area (Å²) in [6, 6.07) is 8.12. The number of hydrogen-bond donors (Lipinski definition) is 2. The van der Waals surface area contributed by atoms with E-state index >= 15 is 0 Å². The van der Waals surface area contributed by atoms with E-state index in [1.807, 2.05) is 12.1 Å². The summed E-state index contributed by atoms with van der Waals surface area (Å²) >= 11 is 0. The molecule has 0 aliphatic rings. The number of benzene rings is 1. The molecule has 4 heteroatoms. The zero-order valence-corrected chi connectivity index (χ0v) is 15.6. The first kappa shape index (κ1) is 19.2. The van der Waals surface area contributed by atoms with Gasteiger partial charge >= 0.3 is 0 Å². The number of anilines is 1. The van der Waals surface area contributed by atoms with Crippen LogP contribution in [0.2, 0.25) is 0 Å². The predicted octanol–water partition coefficient (Wildman–Crippen LogP) is 4.41. The van der Waals surface area contributed by atoms with Crippen molar-refractivity contribution in [2.45, 2.75) is 41.0 Å². The molecule has 1 aromatic carbocycles. The highest BCUT2D eigenvalue weighted by Gasteiger charge is 2.18. The lowest BCUT2D eigenvalue weighted by molar-refractivity contribution is 0.298. The molecule has 20 heavy (non-hydrogen) atoms. The van der Waals surface area contributed by atoms with E-state index in [2.05, 4.69) is 57.1 Å².